The fourth-order valence-electron chi connectivity index (χ4n) is 0.895. The van der Waals surface area contributed by atoms with Crippen molar-refractivity contribution in [2.24, 2.45) is 5.73 Å². The average Bonchev–Trinajstić information content (AvgIpc) is 2.11. The van der Waals surface area contributed by atoms with Gasteiger partial charge in [-0.15, -0.1) is 0 Å². The van der Waals surface area contributed by atoms with Crippen molar-refractivity contribution in [2.75, 3.05) is 6.54 Å². The van der Waals surface area contributed by atoms with Crippen molar-refractivity contribution < 1.29 is 9.13 Å². The number of benzene rings is 1. The molecule has 14 heavy (non-hydrogen) atoms. The van der Waals surface area contributed by atoms with Crippen LogP contribution in [-0.4, -0.2) is 12.1 Å². The normalized spacial score (nSPS) is 11.5. The van der Waals surface area contributed by atoms with E-state index in [1.54, 1.807) is 6.07 Å². The zero-order valence-corrected chi connectivity index (χ0v) is 9.77. The summed E-state index contributed by atoms with van der Waals surface area (Å²) < 4.78 is 19.2. The number of hydrogen-bond acceptors (Lipinski definition) is 2. The minimum absolute atomic E-state index is 0.323. The molecule has 0 saturated heterocycles. The molecule has 78 valence electrons. The predicted octanol–water partition coefficient (Wildman–Crippen LogP) is 2.70. The van der Waals surface area contributed by atoms with Crippen LogP contribution in [0.3, 0.4) is 0 Å². The van der Waals surface area contributed by atoms with Gasteiger partial charge in [-0.2, -0.15) is 0 Å². The van der Waals surface area contributed by atoms with Crippen LogP contribution < -0.4 is 10.5 Å². The maximum Gasteiger partial charge on any atom is 0.137 e. The van der Waals surface area contributed by atoms with Gasteiger partial charge in [0.15, 0.2) is 0 Å². The van der Waals surface area contributed by atoms with Gasteiger partial charge in [0.25, 0.3) is 0 Å². The molecule has 0 atom stereocenters. The zero-order valence-electron chi connectivity index (χ0n) is 8.18. The summed E-state index contributed by atoms with van der Waals surface area (Å²) in [6.45, 7) is 4.07. The van der Waals surface area contributed by atoms with Crippen molar-refractivity contribution in [3.05, 3.63) is 28.5 Å². The van der Waals surface area contributed by atoms with Crippen LogP contribution in [0.1, 0.15) is 13.8 Å². The van der Waals surface area contributed by atoms with Gasteiger partial charge in [0.1, 0.15) is 17.2 Å². The van der Waals surface area contributed by atoms with Crippen molar-refractivity contribution in [3.63, 3.8) is 0 Å². The third kappa shape index (κ3) is 2.96. The van der Waals surface area contributed by atoms with E-state index in [-0.39, 0.29) is 5.82 Å². The fraction of sp³-hybridized carbons (Fsp3) is 0.400. The molecule has 0 aromatic heterocycles. The third-order valence-electron chi connectivity index (χ3n) is 1.77. The molecular weight excluding hydrogens is 249 g/mol. The Bertz CT molecular complexity index is 328. The van der Waals surface area contributed by atoms with E-state index < -0.39 is 5.60 Å². The first-order valence-electron chi connectivity index (χ1n) is 4.29. The molecule has 0 bridgehead atoms. The Morgan fingerprint density at radius 3 is 2.71 bits per heavy atom. The highest BCUT2D eigenvalue weighted by molar-refractivity contribution is 9.10. The van der Waals surface area contributed by atoms with E-state index >= 15 is 0 Å². The maximum atomic E-state index is 12.9. The lowest BCUT2D eigenvalue weighted by molar-refractivity contribution is 0.117. The third-order valence-corrected chi connectivity index (χ3v) is 2.43. The molecule has 0 radical (unpaired) electrons. The highest BCUT2D eigenvalue weighted by Gasteiger charge is 2.18. The quantitative estimate of drug-likeness (QED) is 0.908. The van der Waals surface area contributed by atoms with Gasteiger partial charge in [-0.1, -0.05) is 0 Å². The Kier molecular flexibility index (Phi) is 3.50. The van der Waals surface area contributed by atoms with Crippen molar-refractivity contribution in [3.8, 4) is 5.75 Å². The highest BCUT2D eigenvalue weighted by Crippen LogP contribution is 2.28. The molecule has 2 N–H and O–H groups in total. The van der Waals surface area contributed by atoms with E-state index in [1.165, 1.54) is 12.1 Å². The van der Waals surface area contributed by atoms with Crippen LogP contribution >= 0.6 is 15.9 Å². The molecule has 0 spiro atoms. The standard InChI is InChI=1S/C10H13BrFNO/c1-10(2,6-13)14-9-5-7(12)3-4-8(9)11/h3-5H,6,13H2,1-2H3. The molecule has 0 fully saturated rings. The van der Waals surface area contributed by atoms with Crippen LogP contribution in [0.15, 0.2) is 22.7 Å². The summed E-state index contributed by atoms with van der Waals surface area (Å²) >= 11 is 3.28. The van der Waals surface area contributed by atoms with Gasteiger partial charge in [0.2, 0.25) is 0 Å². The minimum atomic E-state index is -0.490. The monoisotopic (exact) mass is 261 g/mol. The molecule has 0 unspecified atom stereocenters. The molecule has 0 aliphatic carbocycles. The van der Waals surface area contributed by atoms with E-state index in [0.29, 0.717) is 12.3 Å². The summed E-state index contributed by atoms with van der Waals surface area (Å²) in [5.74, 6) is 0.150. The number of hydrogen-bond donors (Lipinski definition) is 1. The lowest BCUT2D eigenvalue weighted by Gasteiger charge is -2.25. The molecule has 0 saturated carbocycles. The second-order valence-electron chi connectivity index (χ2n) is 3.64. The zero-order chi connectivity index (χ0) is 10.8. The summed E-state index contributed by atoms with van der Waals surface area (Å²) in [5.41, 5.74) is 5.02. The number of nitrogens with two attached hydrogens (primary N) is 1. The average molecular weight is 262 g/mol. The van der Waals surface area contributed by atoms with Crippen LogP contribution in [0.4, 0.5) is 4.39 Å². The first-order chi connectivity index (χ1) is 6.44. The van der Waals surface area contributed by atoms with Crippen molar-refractivity contribution in [1.82, 2.24) is 0 Å². The molecule has 1 aromatic carbocycles. The predicted molar refractivity (Wildman–Crippen MR) is 57.9 cm³/mol. The lowest BCUT2D eigenvalue weighted by Crippen LogP contribution is -2.37. The Balaban J connectivity index is 2.91. The summed E-state index contributed by atoms with van der Waals surface area (Å²) in [7, 11) is 0. The summed E-state index contributed by atoms with van der Waals surface area (Å²) in [6.07, 6.45) is 0. The van der Waals surface area contributed by atoms with Gasteiger partial charge >= 0.3 is 0 Å². The molecule has 0 heterocycles. The van der Waals surface area contributed by atoms with Crippen LogP contribution in [0.5, 0.6) is 5.75 Å². The topological polar surface area (TPSA) is 35.2 Å². The van der Waals surface area contributed by atoms with Crippen molar-refractivity contribution in [1.29, 1.82) is 0 Å². The van der Waals surface area contributed by atoms with Gasteiger partial charge in [-0.25, -0.2) is 4.39 Å². The fourth-order valence-corrected chi connectivity index (χ4v) is 1.22. The van der Waals surface area contributed by atoms with E-state index in [2.05, 4.69) is 15.9 Å². The molecule has 2 nitrogen and oxygen atoms in total. The number of rotatable bonds is 3. The van der Waals surface area contributed by atoms with Crippen LogP contribution in [-0.2, 0) is 0 Å². The van der Waals surface area contributed by atoms with E-state index in [4.69, 9.17) is 10.5 Å². The Hall–Kier alpha value is -0.610. The molecule has 4 heteroatoms. The SMILES string of the molecule is CC(C)(CN)Oc1cc(F)ccc1Br. The molecule has 0 amide bonds. The molecule has 0 aliphatic rings. The first kappa shape index (κ1) is 11.5. The minimum Gasteiger partial charge on any atom is -0.485 e. The highest BCUT2D eigenvalue weighted by atomic mass is 79.9. The van der Waals surface area contributed by atoms with E-state index in [9.17, 15) is 4.39 Å². The maximum absolute atomic E-state index is 12.9. The van der Waals surface area contributed by atoms with Crippen LogP contribution in [0.25, 0.3) is 0 Å². The Morgan fingerprint density at radius 2 is 2.14 bits per heavy atom. The van der Waals surface area contributed by atoms with Crippen molar-refractivity contribution in [2.45, 2.75) is 19.4 Å². The Morgan fingerprint density at radius 1 is 1.50 bits per heavy atom. The van der Waals surface area contributed by atoms with Crippen molar-refractivity contribution >= 4 is 15.9 Å². The molecule has 0 aliphatic heterocycles. The first-order valence-corrected chi connectivity index (χ1v) is 5.08. The molecular formula is C10H13BrFNO. The number of halogens is 2. The van der Waals surface area contributed by atoms with Crippen LogP contribution in [0, 0.1) is 5.82 Å². The number of ether oxygens (including phenoxy) is 1. The van der Waals surface area contributed by atoms with E-state index in [0.717, 1.165) is 4.47 Å². The van der Waals surface area contributed by atoms with Gasteiger partial charge in [0.05, 0.1) is 4.47 Å². The summed E-state index contributed by atoms with van der Waals surface area (Å²) in [4.78, 5) is 0. The van der Waals surface area contributed by atoms with Gasteiger partial charge in [-0.3, -0.25) is 0 Å². The second kappa shape index (κ2) is 4.28. The smallest absolute Gasteiger partial charge is 0.137 e. The molecule has 1 rings (SSSR count). The van der Waals surface area contributed by atoms with Gasteiger partial charge in [0, 0.05) is 12.6 Å². The summed E-state index contributed by atoms with van der Waals surface area (Å²) in [5, 5.41) is 0. The lowest BCUT2D eigenvalue weighted by atomic mass is 10.1. The van der Waals surface area contributed by atoms with Gasteiger partial charge < -0.3 is 10.5 Å². The molecule has 1 aromatic rings. The Labute approximate surface area is 91.4 Å². The second-order valence-corrected chi connectivity index (χ2v) is 4.49. The van der Waals surface area contributed by atoms with Crippen LogP contribution in [0.2, 0.25) is 0 Å². The van der Waals surface area contributed by atoms with E-state index in [1.807, 2.05) is 13.8 Å². The largest absolute Gasteiger partial charge is 0.485 e. The van der Waals surface area contributed by atoms with Gasteiger partial charge in [-0.05, 0) is 41.9 Å². The summed E-state index contributed by atoms with van der Waals surface area (Å²) in [6, 6.07) is 4.31.